The average molecular weight is 766 g/mol. The minimum absolute atomic E-state index is 0. The summed E-state index contributed by atoms with van der Waals surface area (Å²) in [5.41, 5.74) is 12.2. The topological polar surface area (TPSA) is 25.8 Å². The number of benzene rings is 2. The van der Waals surface area contributed by atoms with Crippen LogP contribution in [-0.4, -0.2) is 26.1 Å². The second-order valence-electron chi connectivity index (χ2n) is 12.9. The zero-order chi connectivity index (χ0) is 28.4. The standard InChI is InChI=1S/C17H23NSi.C17H22NSi.CH4.FH.Ir/c2*1-12-7-13(2)9-15(8-12)16-10-14(3)17(11-18-16)19(4,5)6;;;/h7-11H,1-6H3;7-8,10-11H,1-6H3;1H4;1H;/q;-1;;;. The number of hydrogen-bond donors (Lipinski definition) is 0. The zero-order valence-corrected chi connectivity index (χ0v) is 30.7. The first kappa shape index (κ1) is 38.8. The molecule has 0 saturated heterocycles. The first-order chi connectivity index (χ1) is 17.5. The molecule has 0 bridgehead atoms. The van der Waals surface area contributed by atoms with Crippen molar-refractivity contribution in [3.05, 3.63) is 94.3 Å². The maximum atomic E-state index is 4.69. The van der Waals surface area contributed by atoms with Gasteiger partial charge in [0, 0.05) is 38.1 Å². The molecule has 6 heteroatoms. The van der Waals surface area contributed by atoms with E-state index in [1.807, 2.05) is 0 Å². The first-order valence-electron chi connectivity index (χ1n) is 13.6. The Morgan fingerprint density at radius 3 is 1.39 bits per heavy atom. The van der Waals surface area contributed by atoms with Gasteiger partial charge in [-0.15, -0.1) is 34.9 Å². The van der Waals surface area contributed by atoms with Crippen molar-refractivity contribution in [1.82, 2.24) is 9.97 Å². The fourth-order valence-electron chi connectivity index (χ4n) is 5.14. The van der Waals surface area contributed by atoms with Crippen molar-refractivity contribution in [3.8, 4) is 22.5 Å². The van der Waals surface area contributed by atoms with Gasteiger partial charge in [0.2, 0.25) is 0 Å². The maximum Gasteiger partial charge on any atom is 0.0799 e. The van der Waals surface area contributed by atoms with Crippen LogP contribution in [0, 0.1) is 47.6 Å². The molecule has 2 aromatic carbocycles. The van der Waals surface area contributed by atoms with E-state index >= 15 is 0 Å². The van der Waals surface area contributed by atoms with Gasteiger partial charge in [0.15, 0.2) is 0 Å². The number of rotatable bonds is 4. The van der Waals surface area contributed by atoms with Crippen LogP contribution in [0.1, 0.15) is 40.8 Å². The fourth-order valence-corrected chi connectivity index (χ4v) is 8.56. The summed E-state index contributed by atoms with van der Waals surface area (Å²) in [6, 6.07) is 18.8. The number of aryl methyl sites for hydroxylation is 6. The Labute approximate surface area is 265 Å². The Morgan fingerprint density at radius 1 is 0.561 bits per heavy atom. The van der Waals surface area contributed by atoms with Gasteiger partial charge in [-0.2, -0.15) is 0 Å². The molecule has 0 unspecified atom stereocenters. The van der Waals surface area contributed by atoms with Crippen molar-refractivity contribution in [3.63, 3.8) is 0 Å². The zero-order valence-electron chi connectivity index (χ0n) is 26.3. The smallest absolute Gasteiger partial charge is 0.0799 e. The van der Waals surface area contributed by atoms with Gasteiger partial charge in [-0.1, -0.05) is 89.4 Å². The largest absolute Gasteiger partial charge is 0.305 e. The molecular formula is C35H50FIrN2Si2-. The molecule has 0 aliphatic rings. The van der Waals surface area contributed by atoms with Gasteiger partial charge < -0.3 is 4.98 Å². The molecule has 0 fully saturated rings. The third kappa shape index (κ3) is 10.5. The van der Waals surface area contributed by atoms with E-state index in [2.05, 4.69) is 147 Å². The average Bonchev–Trinajstić information content (AvgIpc) is 2.76. The van der Waals surface area contributed by atoms with Crippen LogP contribution < -0.4 is 10.4 Å². The Morgan fingerprint density at radius 2 is 0.976 bits per heavy atom. The molecule has 2 aromatic heterocycles. The fraction of sp³-hybridized carbons (Fsp3) is 0.371. The van der Waals surface area contributed by atoms with Crippen LogP contribution in [-0.2, 0) is 20.1 Å². The van der Waals surface area contributed by atoms with Crippen LogP contribution in [0.4, 0.5) is 4.70 Å². The first-order valence-corrected chi connectivity index (χ1v) is 20.6. The molecule has 0 aliphatic heterocycles. The molecule has 0 spiro atoms. The summed E-state index contributed by atoms with van der Waals surface area (Å²) < 4.78 is 0. The Balaban J connectivity index is 0.000000727. The van der Waals surface area contributed by atoms with E-state index in [9.17, 15) is 0 Å². The van der Waals surface area contributed by atoms with Crippen LogP contribution in [0.2, 0.25) is 39.3 Å². The van der Waals surface area contributed by atoms with Crippen molar-refractivity contribution >= 4 is 26.5 Å². The molecular weight excluding hydrogens is 716 g/mol. The summed E-state index contributed by atoms with van der Waals surface area (Å²) in [4.78, 5) is 9.36. The van der Waals surface area contributed by atoms with Crippen molar-refractivity contribution in [2.75, 3.05) is 0 Å². The summed E-state index contributed by atoms with van der Waals surface area (Å²) in [5.74, 6) is 0. The van der Waals surface area contributed by atoms with Gasteiger partial charge in [-0.3, -0.25) is 9.69 Å². The molecule has 0 atom stereocenters. The third-order valence-electron chi connectivity index (χ3n) is 6.78. The SMILES string of the molecule is C.Cc1[c-]c(-c2cc(C)c([Si](C)(C)C)cn2)cc(C)c1.Cc1cc(C)cc(-c2cc(C)c([Si](C)(C)C)cn2)c1.F.[Ir]. The summed E-state index contributed by atoms with van der Waals surface area (Å²) in [7, 11) is -2.58. The van der Waals surface area contributed by atoms with Gasteiger partial charge in [-0.05, 0) is 67.5 Å². The number of nitrogens with zero attached hydrogens (tertiary/aromatic N) is 2. The molecule has 2 nitrogen and oxygen atoms in total. The summed E-state index contributed by atoms with van der Waals surface area (Å²) >= 11 is 0. The molecule has 4 rings (SSSR count). The van der Waals surface area contributed by atoms with Crippen LogP contribution >= 0.6 is 0 Å². The molecule has 0 amide bonds. The van der Waals surface area contributed by atoms with E-state index in [1.165, 1.54) is 49.3 Å². The maximum absolute atomic E-state index is 4.69. The van der Waals surface area contributed by atoms with Gasteiger partial charge in [0.05, 0.1) is 21.8 Å². The van der Waals surface area contributed by atoms with Crippen LogP contribution in [0.5, 0.6) is 0 Å². The predicted molar refractivity (Wildman–Crippen MR) is 182 cm³/mol. The van der Waals surface area contributed by atoms with Crippen LogP contribution in [0.15, 0.2) is 54.9 Å². The second kappa shape index (κ2) is 15.3. The molecule has 41 heavy (non-hydrogen) atoms. The summed E-state index contributed by atoms with van der Waals surface area (Å²) in [5, 5.41) is 2.90. The van der Waals surface area contributed by atoms with Crippen LogP contribution in [0.3, 0.4) is 0 Å². The van der Waals surface area contributed by atoms with Gasteiger partial charge in [0.25, 0.3) is 0 Å². The molecule has 2 heterocycles. The molecule has 0 N–H and O–H groups in total. The van der Waals surface area contributed by atoms with Crippen molar-refractivity contribution in [2.24, 2.45) is 0 Å². The molecule has 0 saturated carbocycles. The quantitative estimate of drug-likeness (QED) is 0.153. The second-order valence-corrected chi connectivity index (χ2v) is 23.0. The number of aromatic nitrogens is 2. The molecule has 4 aromatic rings. The third-order valence-corrected chi connectivity index (χ3v) is 11.1. The Kier molecular flexibility index (Phi) is 14.5. The summed E-state index contributed by atoms with van der Waals surface area (Å²) in [6.45, 7) is 27.1. The van der Waals surface area contributed by atoms with E-state index in [0.29, 0.717) is 0 Å². The van der Waals surface area contributed by atoms with E-state index < -0.39 is 16.1 Å². The molecule has 1 radical (unpaired) electrons. The van der Waals surface area contributed by atoms with E-state index in [4.69, 9.17) is 4.98 Å². The van der Waals surface area contributed by atoms with Gasteiger partial charge in [-0.25, -0.2) is 0 Å². The monoisotopic (exact) mass is 766 g/mol. The van der Waals surface area contributed by atoms with Crippen molar-refractivity contribution in [1.29, 1.82) is 0 Å². The molecule has 0 aliphatic carbocycles. The Hall–Kier alpha value is -2.25. The normalized spacial score (nSPS) is 10.8. The number of hydrogen-bond acceptors (Lipinski definition) is 2. The molecule has 225 valence electrons. The van der Waals surface area contributed by atoms with E-state index in [-0.39, 0.29) is 32.2 Å². The Bertz CT molecular complexity index is 1300. The van der Waals surface area contributed by atoms with Gasteiger partial charge in [0.1, 0.15) is 0 Å². The van der Waals surface area contributed by atoms with Gasteiger partial charge >= 0.3 is 0 Å². The number of halogens is 1. The summed E-state index contributed by atoms with van der Waals surface area (Å²) in [6.07, 6.45) is 4.16. The van der Waals surface area contributed by atoms with Crippen molar-refractivity contribution < 1.29 is 24.8 Å². The van der Waals surface area contributed by atoms with E-state index in [1.54, 1.807) is 0 Å². The predicted octanol–water partition coefficient (Wildman–Crippen LogP) is 9.02. The van der Waals surface area contributed by atoms with E-state index in [0.717, 1.165) is 17.0 Å². The minimum Gasteiger partial charge on any atom is -0.305 e. The van der Waals surface area contributed by atoms with Crippen LogP contribution in [0.25, 0.3) is 22.5 Å². The van der Waals surface area contributed by atoms with Crippen molar-refractivity contribution in [2.45, 2.75) is 88.3 Å². The minimum atomic E-state index is -1.30. The number of pyridine rings is 2.